The topological polar surface area (TPSA) is 22.0 Å². The van der Waals surface area contributed by atoms with Gasteiger partial charge in [-0.25, -0.2) is 0 Å². The molecule has 1 aromatic heterocycles. The molecule has 0 aliphatic heterocycles. The summed E-state index contributed by atoms with van der Waals surface area (Å²) in [5.74, 6) is 0. The molecule has 2 aromatic rings. The fourth-order valence-electron chi connectivity index (χ4n) is 1.52. The summed E-state index contributed by atoms with van der Waals surface area (Å²) in [6.45, 7) is 2.56. The van der Waals surface area contributed by atoms with Crippen molar-refractivity contribution in [2.75, 3.05) is 0 Å². The Morgan fingerprint density at radius 2 is 1.88 bits per heavy atom. The minimum Gasteiger partial charge on any atom is -0.311 e. The van der Waals surface area contributed by atoms with Gasteiger partial charge in [-0.05, 0) is 58.8 Å². The third kappa shape index (κ3) is 2.72. The Kier molecular flexibility index (Phi) is 3.43. The largest absolute Gasteiger partial charge is 0.311 e. The molecule has 0 amide bonds. The normalized spacial score (nSPS) is 10.4. The van der Waals surface area contributed by atoms with Crippen molar-refractivity contribution in [1.82, 2.24) is 4.57 Å². The Balaban J connectivity index is 2.27. The van der Waals surface area contributed by atoms with Crippen molar-refractivity contribution in [2.24, 2.45) is 0 Å². The Morgan fingerprint density at radius 1 is 1.19 bits per heavy atom. The molecule has 2 rings (SSSR count). The lowest BCUT2D eigenvalue weighted by Crippen LogP contribution is -2.19. The van der Waals surface area contributed by atoms with E-state index < -0.39 is 0 Å². The van der Waals surface area contributed by atoms with Crippen LogP contribution in [0.1, 0.15) is 11.1 Å². The highest BCUT2D eigenvalue weighted by Gasteiger charge is 1.98. The summed E-state index contributed by atoms with van der Waals surface area (Å²) in [6, 6.07) is 11.8. The molecule has 2 nitrogen and oxygen atoms in total. The molecular weight excluding hydrogens is 313 g/mol. The summed E-state index contributed by atoms with van der Waals surface area (Å²) < 4.78 is 2.92. The monoisotopic (exact) mass is 325 g/mol. The minimum atomic E-state index is 0.0542. The van der Waals surface area contributed by atoms with Gasteiger partial charge in [0.2, 0.25) is 0 Å². The van der Waals surface area contributed by atoms with Crippen LogP contribution in [0.2, 0.25) is 0 Å². The molecule has 0 bridgehead atoms. The third-order valence-corrected chi connectivity index (χ3v) is 3.14. The van der Waals surface area contributed by atoms with Crippen LogP contribution in [0.5, 0.6) is 0 Å². The van der Waals surface area contributed by atoms with Crippen molar-refractivity contribution in [3.8, 4) is 0 Å². The van der Waals surface area contributed by atoms with E-state index in [4.69, 9.17) is 0 Å². The molecule has 0 fully saturated rings. The van der Waals surface area contributed by atoms with Gasteiger partial charge in [0.25, 0.3) is 5.56 Å². The van der Waals surface area contributed by atoms with Crippen LogP contribution in [0.4, 0.5) is 0 Å². The molecule has 0 N–H and O–H groups in total. The smallest absolute Gasteiger partial charge is 0.251 e. The molecule has 82 valence electrons. The van der Waals surface area contributed by atoms with E-state index in [2.05, 4.69) is 34.7 Å². The summed E-state index contributed by atoms with van der Waals surface area (Å²) in [6.07, 6.45) is 1.84. The average Bonchev–Trinajstić information content (AvgIpc) is 2.25. The van der Waals surface area contributed by atoms with Gasteiger partial charge < -0.3 is 4.57 Å². The van der Waals surface area contributed by atoms with Crippen LogP contribution in [0.25, 0.3) is 0 Å². The third-order valence-electron chi connectivity index (χ3n) is 2.42. The van der Waals surface area contributed by atoms with Gasteiger partial charge in [0.05, 0.1) is 6.54 Å². The van der Waals surface area contributed by atoms with Crippen molar-refractivity contribution >= 4 is 22.6 Å². The van der Waals surface area contributed by atoms with Crippen LogP contribution >= 0.6 is 22.6 Å². The fourth-order valence-corrected chi connectivity index (χ4v) is 1.88. The van der Waals surface area contributed by atoms with Gasteiger partial charge in [-0.3, -0.25) is 4.79 Å². The van der Waals surface area contributed by atoms with Gasteiger partial charge in [0.1, 0.15) is 0 Å². The predicted octanol–water partition coefficient (Wildman–Crippen LogP) is 2.81. The molecule has 3 heteroatoms. The minimum absolute atomic E-state index is 0.0542. The van der Waals surface area contributed by atoms with Crippen LogP contribution in [0.3, 0.4) is 0 Å². The molecule has 1 aromatic carbocycles. The van der Waals surface area contributed by atoms with Crippen molar-refractivity contribution in [3.05, 3.63) is 67.6 Å². The Bertz CT molecular complexity index is 543. The number of aromatic nitrogens is 1. The summed E-state index contributed by atoms with van der Waals surface area (Å²) in [4.78, 5) is 11.7. The van der Waals surface area contributed by atoms with E-state index in [0.717, 1.165) is 11.1 Å². The van der Waals surface area contributed by atoms with Crippen molar-refractivity contribution < 1.29 is 0 Å². The number of hydrogen-bond donors (Lipinski definition) is 0. The van der Waals surface area contributed by atoms with Crippen LogP contribution in [0.15, 0.2) is 47.4 Å². The maximum absolute atomic E-state index is 11.7. The maximum atomic E-state index is 11.7. The van der Waals surface area contributed by atoms with Crippen LogP contribution in [-0.2, 0) is 6.54 Å². The second kappa shape index (κ2) is 4.82. The lowest BCUT2D eigenvalue weighted by molar-refractivity contribution is 0.757. The second-order valence-corrected chi connectivity index (χ2v) is 5.04. The van der Waals surface area contributed by atoms with E-state index in [9.17, 15) is 4.79 Å². The first-order valence-corrected chi connectivity index (χ1v) is 6.14. The number of hydrogen-bond acceptors (Lipinski definition) is 1. The summed E-state index contributed by atoms with van der Waals surface area (Å²) in [5, 5.41) is 0. The summed E-state index contributed by atoms with van der Waals surface area (Å²) in [5.41, 5.74) is 2.20. The van der Waals surface area contributed by atoms with E-state index in [0.29, 0.717) is 6.54 Å². The van der Waals surface area contributed by atoms with Crippen LogP contribution in [-0.4, -0.2) is 4.57 Å². The molecule has 1 heterocycles. The summed E-state index contributed by atoms with van der Waals surface area (Å²) >= 11 is 2.27. The Morgan fingerprint density at radius 3 is 2.50 bits per heavy atom. The SMILES string of the molecule is Cc1ccn(Cc2ccc(I)cc2)c(=O)c1. The molecule has 0 spiro atoms. The highest BCUT2D eigenvalue weighted by molar-refractivity contribution is 14.1. The van der Waals surface area contributed by atoms with Gasteiger partial charge in [0.15, 0.2) is 0 Å². The Labute approximate surface area is 108 Å². The Hall–Kier alpha value is -1.10. The molecule has 0 unspecified atom stereocenters. The molecule has 0 saturated heterocycles. The van der Waals surface area contributed by atoms with E-state index in [1.807, 2.05) is 31.3 Å². The van der Waals surface area contributed by atoms with Crippen molar-refractivity contribution in [3.63, 3.8) is 0 Å². The molecule has 0 radical (unpaired) electrons. The lowest BCUT2D eigenvalue weighted by Gasteiger charge is -2.06. The van der Waals surface area contributed by atoms with Crippen LogP contribution < -0.4 is 5.56 Å². The number of nitrogens with zero attached hydrogens (tertiary/aromatic N) is 1. The molecule has 0 aliphatic rings. The van der Waals surface area contributed by atoms with Crippen molar-refractivity contribution in [1.29, 1.82) is 0 Å². The first-order valence-electron chi connectivity index (χ1n) is 5.07. The van der Waals surface area contributed by atoms with E-state index in [-0.39, 0.29) is 5.56 Å². The van der Waals surface area contributed by atoms with E-state index in [1.54, 1.807) is 10.6 Å². The van der Waals surface area contributed by atoms with Gasteiger partial charge in [-0.15, -0.1) is 0 Å². The molecule has 16 heavy (non-hydrogen) atoms. The first-order chi connectivity index (χ1) is 7.65. The maximum Gasteiger partial charge on any atom is 0.251 e. The number of pyridine rings is 1. The number of aryl methyl sites for hydroxylation is 1. The van der Waals surface area contributed by atoms with Crippen molar-refractivity contribution in [2.45, 2.75) is 13.5 Å². The van der Waals surface area contributed by atoms with Gasteiger partial charge in [-0.1, -0.05) is 12.1 Å². The zero-order valence-corrected chi connectivity index (χ0v) is 11.1. The highest BCUT2D eigenvalue weighted by Crippen LogP contribution is 2.07. The predicted molar refractivity (Wildman–Crippen MR) is 73.7 cm³/mol. The molecular formula is C13H12INO. The number of rotatable bonds is 2. The zero-order chi connectivity index (χ0) is 11.5. The molecule has 0 atom stereocenters. The molecule has 0 saturated carbocycles. The standard InChI is InChI=1S/C13H12INO/c1-10-6-7-15(13(16)8-10)9-11-2-4-12(14)5-3-11/h2-8H,9H2,1H3. The van der Waals surface area contributed by atoms with Gasteiger partial charge in [0, 0.05) is 15.8 Å². The quantitative estimate of drug-likeness (QED) is 0.779. The lowest BCUT2D eigenvalue weighted by atomic mass is 10.2. The first kappa shape index (κ1) is 11.4. The highest BCUT2D eigenvalue weighted by atomic mass is 127. The van der Waals surface area contributed by atoms with E-state index in [1.165, 1.54) is 3.57 Å². The van der Waals surface area contributed by atoms with Gasteiger partial charge >= 0.3 is 0 Å². The number of halogens is 1. The average molecular weight is 325 g/mol. The number of benzene rings is 1. The second-order valence-electron chi connectivity index (χ2n) is 3.80. The fraction of sp³-hybridized carbons (Fsp3) is 0.154. The summed E-state index contributed by atoms with van der Waals surface area (Å²) in [7, 11) is 0. The van der Waals surface area contributed by atoms with E-state index >= 15 is 0 Å². The molecule has 0 aliphatic carbocycles. The van der Waals surface area contributed by atoms with Gasteiger partial charge in [-0.2, -0.15) is 0 Å². The van der Waals surface area contributed by atoms with Crippen LogP contribution in [0, 0.1) is 10.5 Å². The zero-order valence-electron chi connectivity index (χ0n) is 8.98.